The first kappa shape index (κ1) is 9.08. The highest BCUT2D eigenvalue weighted by molar-refractivity contribution is 7.78. The molecule has 0 aromatic carbocycles. The molecular formula is C6H8N2O3S. The van der Waals surface area contributed by atoms with E-state index in [-0.39, 0.29) is 0 Å². The van der Waals surface area contributed by atoms with Crippen LogP contribution >= 0.6 is 0 Å². The molecule has 1 heterocycles. The molecule has 1 aromatic rings. The number of aromatic nitrogens is 2. The van der Waals surface area contributed by atoms with Gasteiger partial charge in [-0.15, -0.1) is 0 Å². The van der Waals surface area contributed by atoms with Gasteiger partial charge >= 0.3 is 10.3 Å². The fraction of sp³-hybridized carbons (Fsp3) is 0.333. The largest absolute Gasteiger partial charge is 0.693 e. The maximum Gasteiger partial charge on any atom is 0.330 e. The van der Waals surface area contributed by atoms with Gasteiger partial charge in [0.2, 0.25) is 11.9 Å². The molecule has 0 unspecified atom stereocenters. The van der Waals surface area contributed by atoms with Crippen LogP contribution in [0.4, 0.5) is 0 Å². The van der Waals surface area contributed by atoms with Crippen molar-refractivity contribution in [1.29, 1.82) is 0 Å². The zero-order valence-electron chi connectivity index (χ0n) is 6.68. The van der Waals surface area contributed by atoms with Crippen LogP contribution < -0.4 is 3.97 Å². The lowest BCUT2D eigenvalue weighted by Crippen LogP contribution is -2.45. The number of aryl methyl sites for hydroxylation is 2. The average molecular weight is 188 g/mol. The second-order valence-corrected chi connectivity index (χ2v) is 3.67. The van der Waals surface area contributed by atoms with Crippen molar-refractivity contribution in [3.8, 4) is 0 Å². The standard InChI is InChI=1S/C6H8N2O3S/c1-5-4-8(12(9,10)11)6(2)3-7-5/h3-4H,1-2H3. The zero-order chi connectivity index (χ0) is 9.35. The van der Waals surface area contributed by atoms with Crippen molar-refractivity contribution in [2.75, 3.05) is 0 Å². The number of hydrogen-bond acceptors (Lipinski definition) is 4. The van der Waals surface area contributed by atoms with E-state index in [4.69, 9.17) is 0 Å². The zero-order valence-corrected chi connectivity index (χ0v) is 7.50. The summed E-state index contributed by atoms with van der Waals surface area (Å²) in [5.74, 6) is 0. The summed E-state index contributed by atoms with van der Waals surface area (Å²) < 4.78 is 32.4. The van der Waals surface area contributed by atoms with Crippen LogP contribution in [0.15, 0.2) is 12.4 Å². The quantitative estimate of drug-likeness (QED) is 0.431. The Hall–Kier alpha value is -1.01. The minimum absolute atomic E-state index is 0.301. The molecule has 0 bridgehead atoms. The monoisotopic (exact) mass is 188 g/mol. The van der Waals surface area contributed by atoms with Crippen LogP contribution in [0.5, 0.6) is 0 Å². The molecule has 6 heteroatoms. The van der Waals surface area contributed by atoms with Crippen LogP contribution in [0, 0.1) is 13.8 Å². The third kappa shape index (κ3) is 1.77. The summed E-state index contributed by atoms with van der Waals surface area (Å²) in [7, 11) is -4.43. The van der Waals surface area contributed by atoms with Gasteiger partial charge in [0.15, 0.2) is 0 Å². The lowest BCUT2D eigenvalue weighted by Gasteiger charge is -2.02. The second kappa shape index (κ2) is 2.80. The van der Waals surface area contributed by atoms with Gasteiger partial charge in [0.1, 0.15) is 5.69 Å². The highest BCUT2D eigenvalue weighted by Gasteiger charge is 2.13. The highest BCUT2D eigenvalue weighted by atomic mass is 32.2. The second-order valence-electron chi connectivity index (χ2n) is 2.42. The van der Waals surface area contributed by atoms with Gasteiger partial charge in [-0.25, -0.2) is 4.98 Å². The predicted molar refractivity (Wildman–Crippen MR) is 39.0 cm³/mol. The topological polar surface area (TPSA) is 74.0 Å². The molecule has 0 atom stereocenters. The summed E-state index contributed by atoms with van der Waals surface area (Å²) in [6.07, 6.45) is 2.53. The molecule has 66 valence electrons. The van der Waals surface area contributed by atoms with E-state index in [2.05, 4.69) is 4.98 Å². The Balaban J connectivity index is 3.43. The first-order valence-corrected chi connectivity index (χ1v) is 4.59. The van der Waals surface area contributed by atoms with E-state index >= 15 is 0 Å². The van der Waals surface area contributed by atoms with E-state index < -0.39 is 10.3 Å². The number of nitrogens with zero attached hydrogens (tertiary/aromatic N) is 2. The summed E-state index contributed by atoms with van der Waals surface area (Å²) in [6, 6.07) is 0. The Morgan fingerprint density at radius 1 is 1.50 bits per heavy atom. The third-order valence-corrected chi connectivity index (χ3v) is 2.22. The van der Waals surface area contributed by atoms with Crippen LogP contribution in [0.2, 0.25) is 0 Å². The van der Waals surface area contributed by atoms with E-state index in [0.29, 0.717) is 15.4 Å². The Bertz CT molecular complexity index is 399. The molecule has 0 fully saturated rings. The van der Waals surface area contributed by atoms with Crippen LogP contribution in [0.3, 0.4) is 0 Å². The molecule has 0 radical (unpaired) electrons. The van der Waals surface area contributed by atoms with Gasteiger partial charge in [-0.1, -0.05) is 3.97 Å². The third-order valence-electron chi connectivity index (χ3n) is 1.35. The van der Waals surface area contributed by atoms with Crippen molar-refractivity contribution in [3.05, 3.63) is 23.8 Å². The van der Waals surface area contributed by atoms with Crippen molar-refractivity contribution in [3.63, 3.8) is 0 Å². The van der Waals surface area contributed by atoms with Crippen molar-refractivity contribution >= 4 is 10.3 Å². The summed E-state index contributed by atoms with van der Waals surface area (Å²) in [6.45, 7) is 3.11. The minimum atomic E-state index is -4.43. The van der Waals surface area contributed by atoms with Gasteiger partial charge in [0.25, 0.3) is 0 Å². The lowest BCUT2D eigenvalue weighted by molar-refractivity contribution is -0.528. The first-order valence-electron chi connectivity index (χ1n) is 3.22. The van der Waals surface area contributed by atoms with Crippen molar-refractivity contribution in [2.45, 2.75) is 13.8 Å². The Morgan fingerprint density at radius 3 is 2.50 bits per heavy atom. The van der Waals surface area contributed by atoms with Crippen molar-refractivity contribution in [1.82, 2.24) is 4.98 Å². The fourth-order valence-electron chi connectivity index (χ4n) is 0.798. The van der Waals surface area contributed by atoms with Gasteiger partial charge in [-0.05, 0) is 6.92 Å². The van der Waals surface area contributed by atoms with E-state index in [9.17, 15) is 13.0 Å². The van der Waals surface area contributed by atoms with Gasteiger partial charge in [0.05, 0.1) is 6.20 Å². The van der Waals surface area contributed by atoms with Crippen LogP contribution in [0.25, 0.3) is 0 Å². The van der Waals surface area contributed by atoms with Gasteiger partial charge in [-0.3, -0.25) is 0 Å². The van der Waals surface area contributed by atoms with Crippen LogP contribution in [-0.4, -0.2) is 18.0 Å². The van der Waals surface area contributed by atoms with Crippen molar-refractivity contribution in [2.24, 2.45) is 0 Å². The molecule has 0 aliphatic rings. The molecule has 0 N–H and O–H groups in total. The van der Waals surface area contributed by atoms with Gasteiger partial charge < -0.3 is 4.55 Å². The minimum Gasteiger partial charge on any atom is -0.693 e. The smallest absolute Gasteiger partial charge is 0.330 e. The molecule has 0 aliphatic heterocycles. The SMILES string of the molecule is Cc1c[n+](S(=O)(=O)[O-])c(C)cn1. The summed E-state index contributed by atoms with van der Waals surface area (Å²) in [4.78, 5) is 3.83. The summed E-state index contributed by atoms with van der Waals surface area (Å²) in [5, 5.41) is 0. The van der Waals surface area contributed by atoms with E-state index in [1.54, 1.807) is 6.92 Å². The molecule has 0 aliphatic carbocycles. The molecule has 12 heavy (non-hydrogen) atoms. The normalized spacial score (nSPS) is 11.6. The molecule has 0 saturated heterocycles. The number of hydrogen-bond donors (Lipinski definition) is 0. The van der Waals surface area contributed by atoms with Gasteiger partial charge in [-0.2, -0.15) is 8.42 Å². The fourth-order valence-corrected chi connectivity index (χ4v) is 1.48. The van der Waals surface area contributed by atoms with Crippen molar-refractivity contribution < 1.29 is 16.9 Å². The van der Waals surface area contributed by atoms with Crippen LogP contribution in [0.1, 0.15) is 11.4 Å². The maximum atomic E-state index is 10.6. The molecular weight excluding hydrogens is 180 g/mol. The lowest BCUT2D eigenvalue weighted by atomic mass is 10.4. The molecule has 0 amide bonds. The highest BCUT2D eigenvalue weighted by Crippen LogP contribution is 1.91. The summed E-state index contributed by atoms with van der Waals surface area (Å²) in [5.41, 5.74) is 0.788. The van der Waals surface area contributed by atoms with Crippen LogP contribution in [-0.2, 0) is 10.3 Å². The van der Waals surface area contributed by atoms with E-state index in [0.717, 1.165) is 0 Å². The first-order chi connectivity index (χ1) is 5.41. The molecule has 1 rings (SSSR count). The maximum absolute atomic E-state index is 10.6. The summed E-state index contributed by atoms with van der Waals surface area (Å²) >= 11 is 0. The molecule has 0 spiro atoms. The molecule has 1 aromatic heterocycles. The predicted octanol–water partition coefficient (Wildman–Crippen LogP) is -0.706. The Morgan fingerprint density at radius 2 is 2.08 bits per heavy atom. The Labute approximate surface area is 70.6 Å². The van der Waals surface area contributed by atoms with E-state index in [1.165, 1.54) is 19.3 Å². The Kier molecular flexibility index (Phi) is 2.12. The number of rotatable bonds is 1. The molecule has 0 saturated carbocycles. The van der Waals surface area contributed by atoms with E-state index in [1.807, 2.05) is 0 Å². The van der Waals surface area contributed by atoms with Gasteiger partial charge in [0, 0.05) is 6.92 Å². The molecule has 5 nitrogen and oxygen atoms in total. The average Bonchev–Trinajstić information content (AvgIpc) is 1.92.